The van der Waals surface area contributed by atoms with E-state index in [0.29, 0.717) is 0 Å². The van der Waals surface area contributed by atoms with Gasteiger partial charge in [0, 0.05) is 26.9 Å². The fourth-order valence-electron chi connectivity index (χ4n) is 2.13. The summed E-state index contributed by atoms with van der Waals surface area (Å²) in [5, 5.41) is 3.60. The first-order valence-electron chi connectivity index (χ1n) is 6.97. The van der Waals surface area contributed by atoms with Crippen molar-refractivity contribution >= 4 is 27.7 Å². The summed E-state index contributed by atoms with van der Waals surface area (Å²) in [7, 11) is 0. The lowest BCUT2D eigenvalue weighted by Gasteiger charge is -2.11. The second-order valence-corrected chi connectivity index (χ2v) is 7.36. The molecule has 0 amide bonds. The van der Waals surface area contributed by atoms with E-state index in [-0.39, 0.29) is 0 Å². The molecule has 2 aromatic rings. The van der Waals surface area contributed by atoms with Crippen LogP contribution in [-0.4, -0.2) is 6.04 Å². The first-order valence-corrected chi connectivity index (χ1v) is 8.58. The van der Waals surface area contributed by atoms with Crippen molar-refractivity contribution in [1.29, 1.82) is 0 Å². The topological polar surface area (TPSA) is 12.0 Å². The van der Waals surface area contributed by atoms with Crippen molar-refractivity contribution in [2.75, 3.05) is 0 Å². The van der Waals surface area contributed by atoms with Crippen LogP contribution < -0.4 is 5.32 Å². The lowest BCUT2D eigenvalue weighted by molar-refractivity contribution is 0.680. The predicted molar refractivity (Wildman–Crippen MR) is 89.3 cm³/mol. The van der Waals surface area contributed by atoms with Gasteiger partial charge in [0.15, 0.2) is 0 Å². The van der Waals surface area contributed by atoms with Crippen LogP contribution in [0.25, 0.3) is 0 Å². The number of nitrogens with one attached hydrogen (secondary N) is 1. The largest absolute Gasteiger partial charge is 0.310 e. The third-order valence-electron chi connectivity index (χ3n) is 3.40. The molecule has 0 bridgehead atoms. The second-order valence-electron chi connectivity index (χ2n) is 5.33. The maximum Gasteiger partial charge on any atom is 0.0219 e. The van der Waals surface area contributed by atoms with Crippen LogP contribution in [0.2, 0.25) is 0 Å². The van der Waals surface area contributed by atoms with Crippen molar-refractivity contribution in [1.82, 2.24) is 5.32 Å². The minimum Gasteiger partial charge on any atom is -0.310 e. The van der Waals surface area contributed by atoms with Gasteiger partial charge >= 0.3 is 0 Å². The Morgan fingerprint density at radius 1 is 1.20 bits per heavy atom. The van der Waals surface area contributed by atoms with Crippen molar-refractivity contribution in [3.8, 4) is 0 Å². The summed E-state index contributed by atoms with van der Waals surface area (Å²) >= 11 is 5.43. The minimum atomic E-state index is 0.741. The normalized spacial score (nSPS) is 14.5. The number of hydrogen-bond acceptors (Lipinski definition) is 2. The smallest absolute Gasteiger partial charge is 0.0219 e. The van der Waals surface area contributed by atoms with Crippen LogP contribution in [0.3, 0.4) is 0 Å². The Labute approximate surface area is 133 Å². The Morgan fingerprint density at radius 2 is 2.05 bits per heavy atom. The van der Waals surface area contributed by atoms with Gasteiger partial charge in [0.2, 0.25) is 0 Å². The summed E-state index contributed by atoms with van der Waals surface area (Å²) in [5.74, 6) is 0. The lowest BCUT2D eigenvalue weighted by atomic mass is 10.2. The van der Waals surface area contributed by atoms with E-state index in [4.69, 9.17) is 0 Å². The molecule has 0 saturated heterocycles. The molecular formula is C17H18BrNS. The lowest BCUT2D eigenvalue weighted by Crippen LogP contribution is -2.15. The highest BCUT2D eigenvalue weighted by Crippen LogP contribution is 2.33. The molecule has 0 aromatic heterocycles. The van der Waals surface area contributed by atoms with E-state index in [1.165, 1.54) is 33.8 Å². The Hall–Kier alpha value is -0.770. The quantitative estimate of drug-likeness (QED) is 0.801. The van der Waals surface area contributed by atoms with Crippen molar-refractivity contribution in [2.24, 2.45) is 0 Å². The van der Waals surface area contributed by atoms with E-state index in [1.807, 2.05) is 11.8 Å². The highest BCUT2D eigenvalue weighted by atomic mass is 79.9. The average Bonchev–Trinajstić information content (AvgIpc) is 3.23. The Bertz CT molecular complexity index is 608. The zero-order chi connectivity index (χ0) is 13.9. The Morgan fingerprint density at radius 3 is 2.80 bits per heavy atom. The molecule has 0 atom stereocenters. The van der Waals surface area contributed by atoms with Crippen LogP contribution in [0.1, 0.15) is 24.0 Å². The highest BCUT2D eigenvalue weighted by Gasteiger charge is 2.20. The molecule has 1 nitrogen and oxygen atoms in total. The summed E-state index contributed by atoms with van der Waals surface area (Å²) in [6, 6.07) is 16.0. The van der Waals surface area contributed by atoms with Crippen molar-refractivity contribution < 1.29 is 0 Å². The summed E-state index contributed by atoms with van der Waals surface area (Å²) < 4.78 is 1.15. The molecule has 0 spiro atoms. The number of benzene rings is 2. The molecule has 2 aromatic carbocycles. The number of hydrogen-bond donors (Lipinski definition) is 1. The monoisotopic (exact) mass is 347 g/mol. The van der Waals surface area contributed by atoms with E-state index in [2.05, 4.69) is 70.6 Å². The molecule has 104 valence electrons. The minimum absolute atomic E-state index is 0.741. The van der Waals surface area contributed by atoms with Crippen molar-refractivity contribution in [3.05, 3.63) is 58.1 Å². The van der Waals surface area contributed by atoms with Gasteiger partial charge in [-0.15, -0.1) is 0 Å². The van der Waals surface area contributed by atoms with E-state index in [0.717, 1.165) is 17.1 Å². The standard InChI is InChI=1S/C17H18BrNS/c1-12-3-2-4-16(9-12)20-17-8-5-14(18)10-13(17)11-19-15-6-7-15/h2-5,8-10,15,19H,6-7,11H2,1H3. The van der Waals surface area contributed by atoms with Crippen molar-refractivity contribution in [2.45, 2.75) is 42.1 Å². The molecule has 1 aliphatic carbocycles. The van der Waals surface area contributed by atoms with Crippen LogP contribution in [-0.2, 0) is 6.54 Å². The molecule has 3 heteroatoms. The molecule has 20 heavy (non-hydrogen) atoms. The predicted octanol–water partition coefficient (Wildman–Crippen LogP) is 5.16. The van der Waals surface area contributed by atoms with E-state index >= 15 is 0 Å². The zero-order valence-electron chi connectivity index (χ0n) is 11.5. The molecular weight excluding hydrogens is 330 g/mol. The van der Waals surface area contributed by atoms with Crippen LogP contribution in [0, 0.1) is 6.92 Å². The van der Waals surface area contributed by atoms with Gasteiger partial charge in [-0.2, -0.15) is 0 Å². The van der Waals surface area contributed by atoms with Crippen LogP contribution >= 0.6 is 27.7 Å². The molecule has 0 unspecified atom stereocenters. The zero-order valence-corrected chi connectivity index (χ0v) is 13.9. The van der Waals surface area contributed by atoms with Gasteiger partial charge in [-0.1, -0.05) is 45.4 Å². The fourth-order valence-corrected chi connectivity index (χ4v) is 3.59. The molecule has 3 rings (SSSR count). The third-order valence-corrected chi connectivity index (χ3v) is 5.00. The molecule has 0 radical (unpaired) electrons. The Kier molecular flexibility index (Phi) is 4.49. The maximum absolute atomic E-state index is 3.60. The molecule has 0 heterocycles. The van der Waals surface area contributed by atoms with Crippen LogP contribution in [0.4, 0.5) is 0 Å². The van der Waals surface area contributed by atoms with Gasteiger partial charge in [-0.25, -0.2) is 0 Å². The summed E-state index contributed by atoms with van der Waals surface area (Å²) in [6.07, 6.45) is 2.66. The second kappa shape index (κ2) is 6.33. The Balaban J connectivity index is 1.79. The van der Waals surface area contributed by atoms with Gasteiger partial charge in [-0.3, -0.25) is 0 Å². The van der Waals surface area contributed by atoms with E-state index < -0.39 is 0 Å². The van der Waals surface area contributed by atoms with Gasteiger partial charge in [0.25, 0.3) is 0 Å². The molecule has 1 aliphatic rings. The van der Waals surface area contributed by atoms with Gasteiger partial charge in [-0.05, 0) is 55.7 Å². The summed E-state index contributed by atoms with van der Waals surface area (Å²) in [4.78, 5) is 2.65. The van der Waals surface area contributed by atoms with E-state index in [9.17, 15) is 0 Å². The van der Waals surface area contributed by atoms with Gasteiger partial charge in [0.05, 0.1) is 0 Å². The first-order chi connectivity index (χ1) is 9.70. The first kappa shape index (κ1) is 14.2. The van der Waals surface area contributed by atoms with Gasteiger partial charge < -0.3 is 5.32 Å². The number of rotatable bonds is 5. The van der Waals surface area contributed by atoms with Crippen molar-refractivity contribution in [3.63, 3.8) is 0 Å². The molecule has 0 aliphatic heterocycles. The molecule has 1 fully saturated rings. The molecule has 1 saturated carbocycles. The SMILES string of the molecule is Cc1cccc(Sc2ccc(Br)cc2CNC2CC2)c1. The molecule has 1 N–H and O–H groups in total. The maximum atomic E-state index is 3.60. The number of halogens is 1. The van der Waals surface area contributed by atoms with E-state index in [1.54, 1.807) is 0 Å². The average molecular weight is 348 g/mol. The van der Waals surface area contributed by atoms with Crippen LogP contribution in [0.5, 0.6) is 0 Å². The third kappa shape index (κ3) is 3.87. The summed E-state index contributed by atoms with van der Waals surface area (Å²) in [5.41, 5.74) is 2.68. The fraction of sp³-hybridized carbons (Fsp3) is 0.294. The van der Waals surface area contributed by atoms with Crippen LogP contribution in [0.15, 0.2) is 56.7 Å². The number of aryl methyl sites for hydroxylation is 1. The van der Waals surface area contributed by atoms with Gasteiger partial charge in [0.1, 0.15) is 0 Å². The summed E-state index contributed by atoms with van der Waals surface area (Å²) in [6.45, 7) is 3.10. The highest BCUT2D eigenvalue weighted by molar-refractivity contribution is 9.10.